The Hall–Kier alpha value is -1.77. The number of hydrogen-bond donors (Lipinski definition) is 0. The third-order valence-corrected chi connectivity index (χ3v) is 9.07. The molecule has 4 unspecified atom stereocenters. The molecular formula is C29H35F3. The monoisotopic (exact) mass is 440 g/mol. The van der Waals surface area contributed by atoms with Gasteiger partial charge in [0.1, 0.15) is 0 Å². The molecule has 0 nitrogen and oxygen atoms in total. The van der Waals surface area contributed by atoms with E-state index in [2.05, 4.69) is 19.1 Å². The minimum absolute atomic E-state index is 0.172. The summed E-state index contributed by atoms with van der Waals surface area (Å²) < 4.78 is 41.4. The summed E-state index contributed by atoms with van der Waals surface area (Å²) in [5.41, 5.74) is 1.16. The van der Waals surface area contributed by atoms with E-state index in [4.69, 9.17) is 0 Å². The molecule has 3 fully saturated rings. The predicted molar refractivity (Wildman–Crippen MR) is 125 cm³/mol. The molecule has 0 amide bonds. The number of hydrogen-bond acceptors (Lipinski definition) is 0. The highest BCUT2D eigenvalue weighted by Crippen LogP contribution is 2.51. The first-order valence-electron chi connectivity index (χ1n) is 12.7. The molecule has 0 radical (unpaired) electrons. The Balaban J connectivity index is 1.23. The van der Waals surface area contributed by atoms with E-state index in [1.54, 1.807) is 6.07 Å². The Kier molecular flexibility index (Phi) is 6.36. The van der Waals surface area contributed by atoms with E-state index in [9.17, 15) is 13.2 Å². The highest BCUT2D eigenvalue weighted by molar-refractivity contribution is 5.84. The van der Waals surface area contributed by atoms with Gasteiger partial charge in [0.05, 0.1) is 0 Å². The number of halogens is 3. The van der Waals surface area contributed by atoms with Crippen LogP contribution in [0.25, 0.3) is 10.8 Å². The van der Waals surface area contributed by atoms with E-state index in [1.807, 2.05) is 12.1 Å². The second-order valence-electron chi connectivity index (χ2n) is 10.8. The van der Waals surface area contributed by atoms with E-state index < -0.39 is 17.5 Å². The molecule has 5 rings (SSSR count). The average molecular weight is 441 g/mol. The summed E-state index contributed by atoms with van der Waals surface area (Å²) in [7, 11) is 0. The van der Waals surface area contributed by atoms with Crippen LogP contribution in [0, 0.1) is 47.0 Å². The van der Waals surface area contributed by atoms with Gasteiger partial charge in [-0.3, -0.25) is 0 Å². The van der Waals surface area contributed by atoms with Crippen molar-refractivity contribution in [2.24, 2.45) is 29.6 Å². The van der Waals surface area contributed by atoms with Crippen LogP contribution >= 0.6 is 0 Å². The summed E-state index contributed by atoms with van der Waals surface area (Å²) in [4.78, 5) is 0. The normalized spacial score (nSPS) is 33.5. The Morgan fingerprint density at radius 3 is 2.12 bits per heavy atom. The van der Waals surface area contributed by atoms with Crippen LogP contribution in [0.2, 0.25) is 0 Å². The molecule has 0 saturated heterocycles. The lowest BCUT2D eigenvalue weighted by molar-refractivity contribution is 0.0748. The van der Waals surface area contributed by atoms with E-state index >= 15 is 0 Å². The van der Waals surface area contributed by atoms with Gasteiger partial charge in [0.15, 0.2) is 17.5 Å². The zero-order chi connectivity index (χ0) is 22.2. The number of fused-ring (bicyclic) bond motifs is 2. The highest BCUT2D eigenvalue weighted by Gasteiger charge is 2.39. The molecule has 0 heterocycles. The van der Waals surface area contributed by atoms with Crippen molar-refractivity contribution in [3.8, 4) is 0 Å². The fraction of sp³-hybridized carbons (Fsp3) is 0.586. The van der Waals surface area contributed by atoms with Gasteiger partial charge in [-0.25, -0.2) is 13.2 Å². The molecule has 2 aromatic carbocycles. The van der Waals surface area contributed by atoms with Gasteiger partial charge in [-0.2, -0.15) is 0 Å². The molecule has 2 aromatic rings. The molecule has 32 heavy (non-hydrogen) atoms. The van der Waals surface area contributed by atoms with Crippen molar-refractivity contribution in [2.75, 3.05) is 0 Å². The zero-order valence-electron chi connectivity index (χ0n) is 19.1. The van der Waals surface area contributed by atoms with E-state index in [-0.39, 0.29) is 5.39 Å². The number of benzene rings is 2. The second kappa shape index (κ2) is 9.23. The van der Waals surface area contributed by atoms with Gasteiger partial charge in [0.25, 0.3) is 0 Å². The molecule has 3 saturated carbocycles. The maximum absolute atomic E-state index is 14.1. The van der Waals surface area contributed by atoms with Gasteiger partial charge < -0.3 is 0 Å². The van der Waals surface area contributed by atoms with Crippen molar-refractivity contribution < 1.29 is 13.2 Å². The molecule has 3 aliphatic rings. The first-order chi connectivity index (χ1) is 15.5. The maximum atomic E-state index is 14.1. The molecule has 0 bridgehead atoms. The van der Waals surface area contributed by atoms with Gasteiger partial charge in [-0.05, 0) is 124 Å². The first kappa shape index (κ1) is 22.0. The van der Waals surface area contributed by atoms with Crippen LogP contribution in [0.15, 0.2) is 36.4 Å². The topological polar surface area (TPSA) is 0 Å². The van der Waals surface area contributed by atoms with Crippen LogP contribution in [-0.2, 0) is 0 Å². The van der Waals surface area contributed by atoms with Crippen molar-refractivity contribution in [1.29, 1.82) is 0 Å². The van der Waals surface area contributed by atoms with Crippen molar-refractivity contribution in [3.05, 3.63) is 59.4 Å². The highest BCUT2D eigenvalue weighted by atomic mass is 19.2. The fourth-order valence-corrected chi connectivity index (χ4v) is 7.31. The molecule has 4 atom stereocenters. The molecule has 0 aliphatic heterocycles. The lowest BCUT2D eigenvalue weighted by Crippen LogP contribution is -2.34. The lowest BCUT2D eigenvalue weighted by Gasteiger charge is -2.45. The summed E-state index contributed by atoms with van der Waals surface area (Å²) in [6, 6.07) is 6.60. The van der Waals surface area contributed by atoms with E-state index in [0.29, 0.717) is 11.3 Å². The molecule has 172 valence electrons. The summed E-state index contributed by atoms with van der Waals surface area (Å²) in [6.45, 7) is 2.14. The molecule has 3 heteroatoms. The third kappa shape index (κ3) is 4.24. The summed E-state index contributed by atoms with van der Waals surface area (Å²) in [6.07, 6.45) is 17.9. The lowest BCUT2D eigenvalue weighted by atomic mass is 9.60. The largest absolute Gasteiger partial charge is 0.204 e. The van der Waals surface area contributed by atoms with Crippen LogP contribution in [0.1, 0.15) is 82.6 Å². The molecule has 0 aromatic heterocycles. The Bertz CT molecular complexity index is 986. The molecule has 0 N–H and O–H groups in total. The minimum atomic E-state index is -1.38. The van der Waals surface area contributed by atoms with Gasteiger partial charge in [-0.15, -0.1) is 0 Å². The smallest absolute Gasteiger partial charge is 0.195 e. The Morgan fingerprint density at radius 2 is 1.38 bits per heavy atom. The minimum Gasteiger partial charge on any atom is -0.204 e. The Morgan fingerprint density at radius 1 is 0.719 bits per heavy atom. The van der Waals surface area contributed by atoms with Gasteiger partial charge >= 0.3 is 0 Å². The standard InChI is InChI=1S/C29H35F3/c1-2-3-18-4-6-19(7-5-18)20-8-9-22-15-23(11-10-21(22)14-20)24-12-13-26-25(16-24)17-27(30)29(32)28(26)31/h2-3,12-13,16-23H,4-11,14-15H2,1H3/b3-2+. The first-order valence-corrected chi connectivity index (χ1v) is 12.7. The summed E-state index contributed by atoms with van der Waals surface area (Å²) in [5.74, 6) is 1.18. The SMILES string of the molecule is C/C=C/C1CCC(C2CCC3CC(c4ccc5c(F)c(F)c(F)cc5c4)CCC3C2)CC1. The fourth-order valence-electron chi connectivity index (χ4n) is 7.31. The van der Waals surface area contributed by atoms with Crippen LogP contribution in [0.5, 0.6) is 0 Å². The van der Waals surface area contributed by atoms with Crippen LogP contribution in [-0.4, -0.2) is 0 Å². The number of rotatable bonds is 3. The Labute approximate surface area is 190 Å². The zero-order valence-corrected chi connectivity index (χ0v) is 19.1. The molecule has 0 spiro atoms. The van der Waals surface area contributed by atoms with Crippen molar-refractivity contribution >= 4 is 10.8 Å². The quantitative estimate of drug-likeness (QED) is 0.330. The van der Waals surface area contributed by atoms with E-state index in [0.717, 1.165) is 47.6 Å². The number of allylic oxidation sites excluding steroid dienone is 2. The van der Waals surface area contributed by atoms with Crippen molar-refractivity contribution in [1.82, 2.24) is 0 Å². The molecular weight excluding hydrogens is 405 g/mol. The summed E-state index contributed by atoms with van der Waals surface area (Å²) in [5, 5.41) is 0.643. The van der Waals surface area contributed by atoms with Gasteiger partial charge in [0, 0.05) is 5.39 Å². The summed E-state index contributed by atoms with van der Waals surface area (Å²) >= 11 is 0. The maximum Gasteiger partial charge on any atom is 0.195 e. The van der Waals surface area contributed by atoms with Gasteiger partial charge in [0.2, 0.25) is 0 Å². The average Bonchev–Trinajstić information content (AvgIpc) is 2.82. The van der Waals surface area contributed by atoms with Crippen LogP contribution < -0.4 is 0 Å². The molecule has 3 aliphatic carbocycles. The van der Waals surface area contributed by atoms with Crippen molar-refractivity contribution in [3.63, 3.8) is 0 Å². The second-order valence-corrected chi connectivity index (χ2v) is 10.8. The van der Waals surface area contributed by atoms with Crippen molar-refractivity contribution in [2.45, 2.75) is 77.0 Å². The predicted octanol–water partition coefficient (Wildman–Crippen LogP) is 8.94. The van der Waals surface area contributed by atoms with Crippen LogP contribution in [0.4, 0.5) is 13.2 Å². The van der Waals surface area contributed by atoms with Gasteiger partial charge in [-0.1, -0.05) is 30.4 Å². The van der Waals surface area contributed by atoms with Crippen LogP contribution in [0.3, 0.4) is 0 Å². The van der Waals surface area contributed by atoms with E-state index in [1.165, 1.54) is 57.8 Å². The third-order valence-electron chi connectivity index (χ3n) is 9.07.